The number of allylic oxidation sites excluding steroid dienone is 1. The van der Waals surface area contributed by atoms with E-state index in [1.165, 1.54) is 12.2 Å². The third kappa shape index (κ3) is 1.93. The van der Waals surface area contributed by atoms with E-state index < -0.39 is 17.4 Å². The van der Waals surface area contributed by atoms with Crippen LogP contribution in [0.25, 0.3) is 0 Å². The predicted octanol–water partition coefficient (Wildman–Crippen LogP) is 1.98. The Morgan fingerprint density at radius 1 is 1.11 bits per heavy atom. The summed E-state index contributed by atoms with van der Waals surface area (Å²) in [7, 11) is 0. The molecule has 4 nitrogen and oxygen atoms in total. The van der Waals surface area contributed by atoms with Crippen LogP contribution in [0.2, 0.25) is 0 Å². The van der Waals surface area contributed by atoms with Crippen LogP contribution in [0, 0.1) is 0 Å². The second-order valence-electron chi connectivity index (χ2n) is 4.15. The van der Waals surface area contributed by atoms with E-state index in [2.05, 4.69) is 0 Å². The topological polar surface area (TPSA) is 74.6 Å². The van der Waals surface area contributed by atoms with Crippen LogP contribution >= 0.6 is 0 Å². The molecule has 0 saturated carbocycles. The van der Waals surface area contributed by atoms with Gasteiger partial charge in [0.05, 0.1) is 5.57 Å². The largest absolute Gasteiger partial charge is 0.480 e. The normalized spacial score (nSPS) is 22.3. The summed E-state index contributed by atoms with van der Waals surface area (Å²) in [6, 6.07) is 8.67. The first-order chi connectivity index (χ1) is 8.56. The van der Waals surface area contributed by atoms with E-state index in [1.807, 2.05) is 0 Å². The van der Waals surface area contributed by atoms with Crippen molar-refractivity contribution in [2.45, 2.75) is 11.8 Å². The fraction of sp³-hybridized carbons (Fsp3) is 0.143. The third-order valence-corrected chi connectivity index (χ3v) is 3.06. The van der Waals surface area contributed by atoms with Crippen LogP contribution in [-0.4, -0.2) is 22.2 Å². The van der Waals surface area contributed by atoms with Gasteiger partial charge in [0.15, 0.2) is 0 Å². The smallest absolute Gasteiger partial charge is 0.335 e. The summed E-state index contributed by atoms with van der Waals surface area (Å²) in [6.45, 7) is 0. The van der Waals surface area contributed by atoms with Crippen LogP contribution in [0.1, 0.15) is 12.0 Å². The van der Waals surface area contributed by atoms with Crippen molar-refractivity contribution in [1.82, 2.24) is 0 Å². The Hall–Kier alpha value is -2.36. The molecule has 4 heteroatoms. The number of carboxylic acid groups (broad SMARTS) is 2. The van der Waals surface area contributed by atoms with Crippen molar-refractivity contribution in [3.8, 4) is 0 Å². The molecule has 0 bridgehead atoms. The molecule has 2 rings (SSSR count). The van der Waals surface area contributed by atoms with Gasteiger partial charge in [-0.2, -0.15) is 0 Å². The SMILES string of the molecule is O=C(O)C1=CC(C(=O)O)(c2ccccc2)CC=C1. The number of benzene rings is 1. The van der Waals surface area contributed by atoms with Gasteiger partial charge in [0.1, 0.15) is 5.41 Å². The highest BCUT2D eigenvalue weighted by Gasteiger charge is 2.39. The molecule has 1 aromatic rings. The number of carboxylic acids is 2. The lowest BCUT2D eigenvalue weighted by molar-refractivity contribution is -0.141. The van der Waals surface area contributed by atoms with Crippen molar-refractivity contribution in [3.05, 3.63) is 59.7 Å². The fourth-order valence-electron chi connectivity index (χ4n) is 2.09. The number of carbonyl (C=O) groups is 2. The lowest BCUT2D eigenvalue weighted by Gasteiger charge is -2.28. The average molecular weight is 244 g/mol. The molecular formula is C14H12O4. The molecule has 0 heterocycles. The van der Waals surface area contributed by atoms with Gasteiger partial charge in [0.2, 0.25) is 0 Å². The molecule has 1 unspecified atom stereocenters. The zero-order chi connectivity index (χ0) is 13.2. The molecule has 2 N–H and O–H groups in total. The zero-order valence-corrected chi connectivity index (χ0v) is 9.54. The predicted molar refractivity (Wildman–Crippen MR) is 65.2 cm³/mol. The summed E-state index contributed by atoms with van der Waals surface area (Å²) < 4.78 is 0. The quantitative estimate of drug-likeness (QED) is 0.852. The Labute approximate surface area is 104 Å². The van der Waals surface area contributed by atoms with E-state index in [0.717, 1.165) is 0 Å². The van der Waals surface area contributed by atoms with Gasteiger partial charge in [0, 0.05) is 0 Å². The maximum Gasteiger partial charge on any atom is 0.335 e. The maximum atomic E-state index is 11.6. The summed E-state index contributed by atoms with van der Waals surface area (Å²) in [5, 5.41) is 18.5. The van der Waals surface area contributed by atoms with E-state index >= 15 is 0 Å². The van der Waals surface area contributed by atoms with Crippen LogP contribution in [0.15, 0.2) is 54.1 Å². The number of hydrogen-bond acceptors (Lipinski definition) is 2. The first-order valence-electron chi connectivity index (χ1n) is 5.48. The minimum Gasteiger partial charge on any atom is -0.480 e. The zero-order valence-electron chi connectivity index (χ0n) is 9.54. The lowest BCUT2D eigenvalue weighted by atomic mass is 9.74. The molecule has 1 atom stereocenters. The van der Waals surface area contributed by atoms with Gasteiger partial charge in [0.25, 0.3) is 0 Å². The lowest BCUT2D eigenvalue weighted by Crippen LogP contribution is -2.35. The molecular weight excluding hydrogens is 232 g/mol. The van der Waals surface area contributed by atoms with Crippen LogP contribution < -0.4 is 0 Å². The minimum absolute atomic E-state index is 0.00695. The standard InChI is InChI=1S/C14H12O4/c15-12(16)10-5-4-8-14(9-10,13(17)18)11-6-2-1-3-7-11/h1-7,9H,8H2,(H,15,16)(H,17,18). The molecule has 0 radical (unpaired) electrons. The molecule has 0 fully saturated rings. The molecule has 18 heavy (non-hydrogen) atoms. The van der Waals surface area contributed by atoms with E-state index in [4.69, 9.17) is 5.11 Å². The van der Waals surface area contributed by atoms with Crippen molar-refractivity contribution < 1.29 is 19.8 Å². The average Bonchev–Trinajstić information content (AvgIpc) is 2.39. The Morgan fingerprint density at radius 3 is 2.33 bits per heavy atom. The van der Waals surface area contributed by atoms with Crippen molar-refractivity contribution in [2.75, 3.05) is 0 Å². The number of rotatable bonds is 3. The van der Waals surface area contributed by atoms with E-state index in [9.17, 15) is 14.7 Å². The van der Waals surface area contributed by atoms with Gasteiger partial charge in [-0.05, 0) is 18.1 Å². The summed E-state index contributed by atoms with van der Waals surface area (Å²) in [4.78, 5) is 22.6. The number of hydrogen-bond donors (Lipinski definition) is 2. The fourth-order valence-corrected chi connectivity index (χ4v) is 2.09. The molecule has 0 aromatic heterocycles. The summed E-state index contributed by atoms with van der Waals surface area (Å²) >= 11 is 0. The van der Waals surface area contributed by atoms with Gasteiger partial charge in [-0.1, -0.05) is 42.5 Å². The highest BCUT2D eigenvalue weighted by atomic mass is 16.4. The van der Waals surface area contributed by atoms with Crippen LogP contribution in [0.5, 0.6) is 0 Å². The Kier molecular flexibility index (Phi) is 3.02. The Bertz CT molecular complexity index is 542. The molecule has 0 aliphatic heterocycles. The summed E-state index contributed by atoms with van der Waals surface area (Å²) in [5.41, 5.74) is -0.697. The summed E-state index contributed by atoms with van der Waals surface area (Å²) in [5.74, 6) is -2.16. The molecule has 1 aliphatic rings. The monoisotopic (exact) mass is 244 g/mol. The number of aliphatic carboxylic acids is 2. The van der Waals surface area contributed by atoms with Gasteiger partial charge in [-0.3, -0.25) is 4.79 Å². The molecule has 1 aliphatic carbocycles. The van der Waals surface area contributed by atoms with E-state index in [-0.39, 0.29) is 12.0 Å². The molecule has 92 valence electrons. The van der Waals surface area contributed by atoms with Gasteiger partial charge < -0.3 is 10.2 Å². The minimum atomic E-state index is -1.29. The molecule has 0 saturated heterocycles. The first kappa shape index (κ1) is 12.1. The second kappa shape index (κ2) is 4.49. The maximum absolute atomic E-state index is 11.6. The van der Waals surface area contributed by atoms with Crippen LogP contribution in [-0.2, 0) is 15.0 Å². The van der Waals surface area contributed by atoms with Gasteiger partial charge in [-0.15, -0.1) is 0 Å². The van der Waals surface area contributed by atoms with Gasteiger partial charge in [-0.25, -0.2) is 4.79 Å². The molecule has 0 spiro atoms. The Balaban J connectivity index is 2.57. The van der Waals surface area contributed by atoms with E-state index in [0.29, 0.717) is 5.56 Å². The van der Waals surface area contributed by atoms with Crippen molar-refractivity contribution in [1.29, 1.82) is 0 Å². The van der Waals surface area contributed by atoms with Gasteiger partial charge >= 0.3 is 11.9 Å². The second-order valence-corrected chi connectivity index (χ2v) is 4.15. The van der Waals surface area contributed by atoms with Crippen LogP contribution in [0.4, 0.5) is 0 Å². The highest BCUT2D eigenvalue weighted by Crippen LogP contribution is 2.35. The van der Waals surface area contributed by atoms with Crippen LogP contribution in [0.3, 0.4) is 0 Å². The van der Waals surface area contributed by atoms with E-state index in [1.54, 1.807) is 36.4 Å². The molecule has 1 aromatic carbocycles. The summed E-state index contributed by atoms with van der Waals surface area (Å²) in [6.07, 6.45) is 4.59. The highest BCUT2D eigenvalue weighted by molar-refractivity contribution is 5.94. The van der Waals surface area contributed by atoms with Crippen molar-refractivity contribution in [2.24, 2.45) is 0 Å². The Morgan fingerprint density at radius 2 is 1.78 bits per heavy atom. The van der Waals surface area contributed by atoms with Crippen molar-refractivity contribution >= 4 is 11.9 Å². The van der Waals surface area contributed by atoms with Crippen molar-refractivity contribution in [3.63, 3.8) is 0 Å². The first-order valence-corrected chi connectivity index (χ1v) is 5.48. The molecule has 0 amide bonds. The third-order valence-electron chi connectivity index (χ3n) is 3.06.